The molecule has 0 atom stereocenters. The second-order valence-corrected chi connectivity index (χ2v) is 9.02. The van der Waals surface area contributed by atoms with Crippen molar-refractivity contribution in [1.82, 2.24) is 0 Å². The molecule has 33 heavy (non-hydrogen) atoms. The summed E-state index contributed by atoms with van der Waals surface area (Å²) in [5.41, 5.74) is 0.697. The number of carbonyl (C=O) groups excluding carboxylic acids is 1. The molecule has 0 aliphatic carbocycles. The molecule has 0 saturated heterocycles. The normalized spacial score (nSPS) is 11.0. The fourth-order valence-electron chi connectivity index (χ4n) is 3.41. The Morgan fingerprint density at radius 2 is 1.61 bits per heavy atom. The van der Waals surface area contributed by atoms with Crippen LogP contribution in [0, 0.1) is 6.92 Å². The third-order valence-electron chi connectivity index (χ3n) is 5.02. The van der Waals surface area contributed by atoms with E-state index in [1.54, 1.807) is 37.3 Å². The second kappa shape index (κ2) is 9.74. The summed E-state index contributed by atoms with van der Waals surface area (Å²) in [6.45, 7) is 1.46. The lowest BCUT2D eigenvalue weighted by Gasteiger charge is -2.28. The van der Waals surface area contributed by atoms with Crippen LogP contribution in [0.4, 0.5) is 5.69 Å². The van der Waals surface area contributed by atoms with Gasteiger partial charge in [-0.25, -0.2) is 18.0 Å². The molecule has 0 amide bonds. The molecule has 0 saturated carbocycles. The summed E-state index contributed by atoms with van der Waals surface area (Å²) in [6, 6.07) is 17.2. The summed E-state index contributed by atoms with van der Waals surface area (Å²) >= 11 is 0. The fraction of sp³-hybridized carbons (Fsp3) is 0.167. The summed E-state index contributed by atoms with van der Waals surface area (Å²) in [4.78, 5) is 24.2. The monoisotopic (exact) mass is 469 g/mol. The molecule has 0 heterocycles. The fourth-order valence-corrected chi connectivity index (χ4v) is 4.94. The molecule has 3 aromatic rings. The van der Waals surface area contributed by atoms with Crippen LogP contribution in [0.5, 0.6) is 5.75 Å². The van der Waals surface area contributed by atoms with E-state index in [1.807, 2.05) is 0 Å². The largest absolute Gasteiger partial charge is 0.497 e. The van der Waals surface area contributed by atoms with Gasteiger partial charge in [-0.3, -0.25) is 4.31 Å². The molecule has 3 rings (SSSR count). The number of rotatable bonds is 8. The molecule has 0 aromatic heterocycles. The van der Waals surface area contributed by atoms with Crippen molar-refractivity contribution >= 4 is 27.6 Å². The minimum Gasteiger partial charge on any atom is -0.497 e. The number of hydrogen-bond acceptors (Lipinski definition) is 6. The van der Waals surface area contributed by atoms with Crippen molar-refractivity contribution < 1.29 is 32.6 Å². The van der Waals surface area contributed by atoms with Gasteiger partial charge in [0.05, 0.1) is 42.5 Å². The van der Waals surface area contributed by atoms with Crippen molar-refractivity contribution in [3.8, 4) is 5.75 Å². The van der Waals surface area contributed by atoms with Crippen LogP contribution in [0.25, 0.3) is 0 Å². The van der Waals surface area contributed by atoms with E-state index >= 15 is 0 Å². The number of aromatic carboxylic acids is 1. The number of carboxylic acid groups (broad SMARTS) is 1. The summed E-state index contributed by atoms with van der Waals surface area (Å²) in [5.74, 6) is -1.61. The van der Waals surface area contributed by atoms with E-state index in [0.29, 0.717) is 16.9 Å². The van der Waals surface area contributed by atoms with Gasteiger partial charge in [-0.05, 0) is 54.4 Å². The molecule has 0 aliphatic heterocycles. The SMILES string of the molecule is COC(=O)c1cc(C(=O)O)cc(C)c1N(Cc1ccccc1)S(=O)(=O)c1ccc(OC)cc1. The van der Waals surface area contributed by atoms with E-state index in [-0.39, 0.29) is 28.3 Å². The highest BCUT2D eigenvalue weighted by Crippen LogP contribution is 2.34. The number of ether oxygens (including phenoxy) is 2. The maximum absolute atomic E-state index is 13.8. The Kier molecular flexibility index (Phi) is 7.03. The maximum Gasteiger partial charge on any atom is 0.340 e. The predicted molar refractivity (Wildman–Crippen MR) is 122 cm³/mol. The molecule has 9 heteroatoms. The molecule has 0 spiro atoms. The maximum atomic E-state index is 13.8. The van der Waals surface area contributed by atoms with Crippen molar-refractivity contribution in [2.75, 3.05) is 18.5 Å². The average molecular weight is 470 g/mol. The number of carboxylic acids is 1. The Bertz CT molecular complexity index is 1270. The van der Waals surface area contributed by atoms with Crippen LogP contribution in [-0.4, -0.2) is 39.7 Å². The number of sulfonamides is 1. The van der Waals surface area contributed by atoms with Gasteiger partial charge in [0, 0.05) is 0 Å². The van der Waals surface area contributed by atoms with Gasteiger partial charge in [-0.15, -0.1) is 0 Å². The zero-order chi connectivity index (χ0) is 24.2. The molecule has 0 unspecified atom stereocenters. The van der Waals surface area contributed by atoms with Crippen LogP contribution in [0.15, 0.2) is 71.6 Å². The second-order valence-electron chi connectivity index (χ2n) is 7.16. The summed E-state index contributed by atoms with van der Waals surface area (Å²) in [6.07, 6.45) is 0. The number of benzene rings is 3. The van der Waals surface area contributed by atoms with E-state index < -0.39 is 22.0 Å². The molecule has 0 aliphatic rings. The number of carbonyl (C=O) groups is 2. The molecule has 8 nitrogen and oxygen atoms in total. The van der Waals surface area contributed by atoms with E-state index in [0.717, 1.165) is 17.5 Å². The van der Waals surface area contributed by atoms with Crippen LogP contribution in [-0.2, 0) is 21.3 Å². The van der Waals surface area contributed by atoms with Gasteiger partial charge < -0.3 is 14.6 Å². The number of esters is 1. The highest BCUT2D eigenvalue weighted by atomic mass is 32.2. The van der Waals surface area contributed by atoms with Crippen LogP contribution >= 0.6 is 0 Å². The number of aryl methyl sites for hydroxylation is 1. The first kappa shape index (κ1) is 23.8. The molecule has 172 valence electrons. The van der Waals surface area contributed by atoms with Gasteiger partial charge in [-0.1, -0.05) is 30.3 Å². The van der Waals surface area contributed by atoms with Gasteiger partial charge in [0.15, 0.2) is 0 Å². The summed E-state index contributed by atoms with van der Waals surface area (Å²) < 4.78 is 38.6. The zero-order valence-corrected chi connectivity index (χ0v) is 19.1. The Balaban J connectivity index is 2.28. The van der Waals surface area contributed by atoms with E-state index in [9.17, 15) is 23.1 Å². The van der Waals surface area contributed by atoms with Crippen LogP contribution in [0.3, 0.4) is 0 Å². The molecular weight excluding hydrogens is 446 g/mol. The van der Waals surface area contributed by atoms with Gasteiger partial charge in [0.25, 0.3) is 10.0 Å². The summed E-state index contributed by atoms with van der Waals surface area (Å²) in [5, 5.41) is 9.44. The van der Waals surface area contributed by atoms with Crippen LogP contribution in [0.1, 0.15) is 31.8 Å². The topological polar surface area (TPSA) is 110 Å². The lowest BCUT2D eigenvalue weighted by atomic mass is 10.0. The lowest BCUT2D eigenvalue weighted by Crippen LogP contribution is -2.33. The van der Waals surface area contributed by atoms with Gasteiger partial charge in [-0.2, -0.15) is 0 Å². The third-order valence-corrected chi connectivity index (χ3v) is 6.78. The van der Waals surface area contributed by atoms with Crippen molar-refractivity contribution in [2.24, 2.45) is 0 Å². The summed E-state index contributed by atoms with van der Waals surface area (Å²) in [7, 11) is -1.55. The van der Waals surface area contributed by atoms with Gasteiger partial charge >= 0.3 is 11.9 Å². The quantitative estimate of drug-likeness (QED) is 0.499. The highest BCUT2D eigenvalue weighted by molar-refractivity contribution is 7.92. The first-order chi connectivity index (χ1) is 15.7. The first-order valence-electron chi connectivity index (χ1n) is 9.86. The van der Waals surface area contributed by atoms with Crippen LogP contribution < -0.4 is 9.04 Å². The lowest BCUT2D eigenvalue weighted by molar-refractivity contribution is 0.0601. The van der Waals surface area contributed by atoms with Gasteiger partial charge in [0.2, 0.25) is 0 Å². The standard InChI is InChI=1S/C24H23NO7S/c1-16-13-18(23(26)27)14-21(24(28)32-3)22(16)25(15-17-7-5-4-6-8-17)33(29,30)20-11-9-19(31-2)10-12-20/h4-14H,15H2,1-3H3,(H,26,27). The minimum absolute atomic E-state index is 0.0169. The molecule has 0 bridgehead atoms. The minimum atomic E-state index is -4.17. The van der Waals surface area contributed by atoms with Gasteiger partial charge in [0.1, 0.15) is 5.75 Å². The van der Waals surface area contributed by atoms with Crippen molar-refractivity contribution in [2.45, 2.75) is 18.4 Å². The first-order valence-corrected chi connectivity index (χ1v) is 11.3. The molecule has 0 fully saturated rings. The number of hydrogen-bond donors (Lipinski definition) is 1. The van der Waals surface area contributed by atoms with E-state index in [2.05, 4.69) is 0 Å². The average Bonchev–Trinajstić information content (AvgIpc) is 2.82. The van der Waals surface area contributed by atoms with E-state index in [1.165, 1.54) is 37.4 Å². The Labute approximate surface area is 192 Å². The van der Waals surface area contributed by atoms with Crippen molar-refractivity contribution in [3.05, 3.63) is 89.0 Å². The van der Waals surface area contributed by atoms with Crippen molar-refractivity contribution in [1.29, 1.82) is 0 Å². The Morgan fingerprint density at radius 1 is 0.970 bits per heavy atom. The molecule has 1 N–H and O–H groups in total. The smallest absolute Gasteiger partial charge is 0.340 e. The Hall–Kier alpha value is -3.85. The van der Waals surface area contributed by atoms with Crippen LogP contribution in [0.2, 0.25) is 0 Å². The third kappa shape index (κ3) is 4.98. The number of methoxy groups -OCH3 is 2. The zero-order valence-electron chi connectivity index (χ0n) is 18.3. The molecular formula is C24H23NO7S. The molecule has 0 radical (unpaired) electrons. The van der Waals surface area contributed by atoms with E-state index in [4.69, 9.17) is 9.47 Å². The number of anilines is 1. The molecule has 3 aromatic carbocycles. The predicted octanol–water partition coefficient (Wildman–Crippen LogP) is 3.88. The Morgan fingerprint density at radius 3 is 2.15 bits per heavy atom. The number of nitrogens with zero attached hydrogens (tertiary/aromatic N) is 1. The van der Waals surface area contributed by atoms with Crippen molar-refractivity contribution in [3.63, 3.8) is 0 Å². The highest BCUT2D eigenvalue weighted by Gasteiger charge is 2.31.